The van der Waals surface area contributed by atoms with E-state index in [-0.39, 0.29) is 0 Å². The highest BCUT2D eigenvalue weighted by Crippen LogP contribution is 2.39. The van der Waals surface area contributed by atoms with Crippen molar-refractivity contribution in [2.45, 2.75) is 37.6 Å². The summed E-state index contributed by atoms with van der Waals surface area (Å²) in [6.07, 6.45) is 4.48. The van der Waals surface area contributed by atoms with Crippen molar-refractivity contribution in [3.63, 3.8) is 0 Å². The van der Waals surface area contributed by atoms with Gasteiger partial charge in [-0.2, -0.15) is 4.37 Å². The Morgan fingerprint density at radius 2 is 2.00 bits per heavy atom. The Kier molecular flexibility index (Phi) is 2.93. The molecule has 0 radical (unpaired) electrons. The zero-order chi connectivity index (χ0) is 11.0. The Bertz CT molecular complexity index is 393. The SMILES string of the molecule is O=S1CCC(Nc2nc(C3CC3)ns2)CC1. The van der Waals surface area contributed by atoms with E-state index >= 15 is 0 Å². The van der Waals surface area contributed by atoms with Gasteiger partial charge in [-0.25, -0.2) is 4.98 Å². The first-order valence-electron chi connectivity index (χ1n) is 5.76. The van der Waals surface area contributed by atoms with E-state index in [2.05, 4.69) is 14.7 Å². The molecule has 1 aromatic rings. The molecule has 1 aliphatic heterocycles. The summed E-state index contributed by atoms with van der Waals surface area (Å²) in [5.74, 6) is 3.30. The molecule has 16 heavy (non-hydrogen) atoms. The molecule has 1 aromatic heterocycles. The lowest BCUT2D eigenvalue weighted by atomic mass is 10.2. The lowest BCUT2D eigenvalue weighted by Gasteiger charge is -2.21. The average molecular weight is 257 g/mol. The number of rotatable bonds is 3. The Balaban J connectivity index is 1.58. The summed E-state index contributed by atoms with van der Waals surface area (Å²) < 4.78 is 15.6. The van der Waals surface area contributed by atoms with E-state index in [4.69, 9.17) is 0 Å². The molecule has 0 bridgehead atoms. The molecule has 1 saturated carbocycles. The van der Waals surface area contributed by atoms with Crippen LogP contribution in [0.25, 0.3) is 0 Å². The van der Waals surface area contributed by atoms with Crippen LogP contribution in [0.5, 0.6) is 0 Å². The number of aromatic nitrogens is 2. The van der Waals surface area contributed by atoms with Gasteiger partial charge < -0.3 is 5.32 Å². The first kappa shape index (κ1) is 10.7. The Morgan fingerprint density at radius 1 is 1.25 bits per heavy atom. The maximum atomic E-state index is 11.2. The summed E-state index contributed by atoms with van der Waals surface area (Å²) in [5, 5.41) is 4.36. The smallest absolute Gasteiger partial charge is 0.202 e. The highest BCUT2D eigenvalue weighted by Gasteiger charge is 2.28. The quantitative estimate of drug-likeness (QED) is 0.896. The van der Waals surface area contributed by atoms with Crippen LogP contribution in [-0.4, -0.2) is 31.1 Å². The van der Waals surface area contributed by atoms with Crippen molar-refractivity contribution in [1.29, 1.82) is 0 Å². The zero-order valence-corrected chi connectivity index (χ0v) is 10.6. The molecule has 3 rings (SSSR count). The van der Waals surface area contributed by atoms with E-state index in [1.54, 1.807) is 0 Å². The second kappa shape index (κ2) is 4.41. The topological polar surface area (TPSA) is 54.9 Å². The molecule has 1 saturated heterocycles. The maximum absolute atomic E-state index is 11.2. The largest absolute Gasteiger partial charge is 0.357 e. The summed E-state index contributed by atoms with van der Waals surface area (Å²) in [5.41, 5.74) is 0. The normalized spacial score (nSPS) is 30.2. The van der Waals surface area contributed by atoms with Crippen molar-refractivity contribution < 1.29 is 4.21 Å². The molecule has 0 unspecified atom stereocenters. The average Bonchev–Trinajstić information content (AvgIpc) is 3.04. The molecule has 4 nitrogen and oxygen atoms in total. The monoisotopic (exact) mass is 257 g/mol. The Labute approximate surface area is 101 Å². The first-order chi connectivity index (χ1) is 7.81. The highest BCUT2D eigenvalue weighted by atomic mass is 32.2. The summed E-state index contributed by atoms with van der Waals surface area (Å²) in [6, 6.07) is 0.442. The predicted molar refractivity (Wildman–Crippen MR) is 66.4 cm³/mol. The molecule has 0 amide bonds. The molecular weight excluding hydrogens is 242 g/mol. The van der Waals surface area contributed by atoms with Gasteiger partial charge in [-0.1, -0.05) is 0 Å². The Morgan fingerprint density at radius 3 is 2.69 bits per heavy atom. The fourth-order valence-electron chi connectivity index (χ4n) is 1.91. The van der Waals surface area contributed by atoms with Crippen LogP contribution in [0.2, 0.25) is 0 Å². The molecule has 2 aliphatic rings. The van der Waals surface area contributed by atoms with E-state index in [9.17, 15) is 4.21 Å². The molecule has 0 atom stereocenters. The van der Waals surface area contributed by atoms with Crippen molar-refractivity contribution in [1.82, 2.24) is 9.36 Å². The Hall–Kier alpha value is -0.490. The lowest BCUT2D eigenvalue weighted by Crippen LogP contribution is -2.29. The summed E-state index contributed by atoms with van der Waals surface area (Å²) in [6.45, 7) is 0. The van der Waals surface area contributed by atoms with Crippen LogP contribution >= 0.6 is 11.5 Å². The van der Waals surface area contributed by atoms with Gasteiger partial charge in [-0.15, -0.1) is 0 Å². The van der Waals surface area contributed by atoms with Crippen LogP contribution in [0.15, 0.2) is 0 Å². The number of nitrogens with one attached hydrogen (secondary N) is 1. The van der Waals surface area contributed by atoms with Gasteiger partial charge in [-0.05, 0) is 25.7 Å². The maximum Gasteiger partial charge on any atom is 0.202 e. The summed E-state index contributed by atoms with van der Waals surface area (Å²) in [4.78, 5) is 4.51. The second-order valence-corrected chi connectivity index (χ2v) is 6.95. The van der Waals surface area contributed by atoms with Crippen molar-refractivity contribution in [2.24, 2.45) is 0 Å². The number of anilines is 1. The van der Waals surface area contributed by atoms with Crippen LogP contribution < -0.4 is 5.32 Å². The van der Waals surface area contributed by atoms with Gasteiger partial charge in [0.2, 0.25) is 5.13 Å². The molecule has 0 aromatic carbocycles. The molecule has 6 heteroatoms. The zero-order valence-electron chi connectivity index (χ0n) is 9.02. The standard InChI is InChI=1S/C10H15N3OS2/c14-16-5-3-8(4-6-16)11-10-12-9(13-15-10)7-1-2-7/h7-8H,1-6H2,(H,11,12,13). The molecule has 88 valence electrons. The van der Waals surface area contributed by atoms with Crippen LogP contribution in [-0.2, 0) is 10.8 Å². The van der Waals surface area contributed by atoms with Gasteiger partial charge in [0.25, 0.3) is 0 Å². The van der Waals surface area contributed by atoms with Crippen LogP contribution in [0.3, 0.4) is 0 Å². The number of hydrogen-bond donors (Lipinski definition) is 1. The van der Waals surface area contributed by atoms with Crippen LogP contribution in [0.1, 0.15) is 37.4 Å². The fraction of sp³-hybridized carbons (Fsp3) is 0.800. The fourth-order valence-corrected chi connectivity index (χ4v) is 3.94. The van der Waals surface area contributed by atoms with Crippen LogP contribution in [0.4, 0.5) is 5.13 Å². The van der Waals surface area contributed by atoms with E-state index in [1.807, 2.05) is 0 Å². The second-order valence-electron chi connectivity index (χ2n) is 4.50. The van der Waals surface area contributed by atoms with Crippen LogP contribution in [0, 0.1) is 0 Å². The number of nitrogens with zero attached hydrogens (tertiary/aromatic N) is 2. The number of hydrogen-bond acceptors (Lipinski definition) is 5. The van der Waals surface area contributed by atoms with E-state index in [0.717, 1.165) is 35.3 Å². The van der Waals surface area contributed by atoms with Gasteiger partial charge >= 0.3 is 0 Å². The van der Waals surface area contributed by atoms with Gasteiger partial charge in [0.1, 0.15) is 5.82 Å². The van der Waals surface area contributed by atoms with E-state index < -0.39 is 10.8 Å². The molecule has 2 heterocycles. The van der Waals surface area contributed by atoms with Gasteiger partial charge in [0.15, 0.2) is 0 Å². The first-order valence-corrected chi connectivity index (χ1v) is 8.02. The summed E-state index contributed by atoms with van der Waals surface area (Å²) >= 11 is 1.46. The minimum absolute atomic E-state index is 0.442. The van der Waals surface area contributed by atoms with Gasteiger partial charge in [0, 0.05) is 45.8 Å². The molecule has 0 spiro atoms. The van der Waals surface area contributed by atoms with Gasteiger partial charge in [-0.3, -0.25) is 4.21 Å². The van der Waals surface area contributed by atoms with Crippen molar-refractivity contribution in [2.75, 3.05) is 16.8 Å². The third kappa shape index (κ3) is 2.43. The van der Waals surface area contributed by atoms with Crippen molar-refractivity contribution in [3.05, 3.63) is 5.82 Å². The molecule has 1 aliphatic carbocycles. The van der Waals surface area contributed by atoms with E-state index in [1.165, 1.54) is 24.4 Å². The lowest BCUT2D eigenvalue weighted by molar-refractivity contribution is 0.623. The third-order valence-electron chi connectivity index (χ3n) is 3.10. The minimum Gasteiger partial charge on any atom is -0.357 e. The third-order valence-corrected chi connectivity index (χ3v) is 5.14. The predicted octanol–water partition coefficient (Wildman–Crippen LogP) is 1.74. The van der Waals surface area contributed by atoms with Crippen molar-refractivity contribution in [3.8, 4) is 0 Å². The highest BCUT2D eigenvalue weighted by molar-refractivity contribution is 7.85. The molecular formula is C10H15N3OS2. The van der Waals surface area contributed by atoms with E-state index in [0.29, 0.717) is 12.0 Å². The molecule has 2 fully saturated rings. The minimum atomic E-state index is -0.584. The van der Waals surface area contributed by atoms with Gasteiger partial charge in [0.05, 0.1) is 0 Å². The van der Waals surface area contributed by atoms with Crippen molar-refractivity contribution >= 4 is 27.5 Å². The summed E-state index contributed by atoms with van der Waals surface area (Å²) in [7, 11) is -0.584. The molecule has 1 N–H and O–H groups in total.